The van der Waals surface area contributed by atoms with Crippen LogP contribution in [0.25, 0.3) is 0 Å². The molecule has 2 aliphatic rings. The summed E-state index contributed by atoms with van der Waals surface area (Å²) in [6.45, 7) is 3.77. The minimum atomic E-state index is -0.540. The molecule has 2 rings (SSSR count). The molecule has 0 N–H and O–H groups in total. The van der Waals surface area contributed by atoms with Gasteiger partial charge in [0.1, 0.15) is 0 Å². The average Bonchev–Trinajstić information content (AvgIpc) is 2.34. The Morgan fingerprint density at radius 3 is 2.94 bits per heavy atom. The van der Waals surface area contributed by atoms with Crippen molar-refractivity contribution in [2.45, 2.75) is 24.9 Å². The molecule has 17 heavy (non-hydrogen) atoms. The van der Waals surface area contributed by atoms with E-state index in [1.165, 1.54) is 5.31 Å². The van der Waals surface area contributed by atoms with E-state index in [1.54, 1.807) is 0 Å². The van der Waals surface area contributed by atoms with Gasteiger partial charge in [0.2, 0.25) is 0 Å². The first kappa shape index (κ1) is 12.1. The average molecular weight is 241 g/mol. The Morgan fingerprint density at radius 2 is 2.18 bits per heavy atom. The van der Waals surface area contributed by atoms with Gasteiger partial charge in [-0.25, -0.2) is 0 Å². The molecule has 86 valence electrons. The highest BCUT2D eigenvalue weighted by molar-refractivity contribution is 7.61. The molecular formula is C15H16NP. The third-order valence-corrected chi connectivity index (χ3v) is 4.97. The van der Waals surface area contributed by atoms with E-state index in [9.17, 15) is 0 Å². The van der Waals surface area contributed by atoms with Crippen LogP contribution in [0.5, 0.6) is 0 Å². The van der Waals surface area contributed by atoms with E-state index in [-0.39, 0.29) is 0 Å². The summed E-state index contributed by atoms with van der Waals surface area (Å²) < 4.78 is 4.37. The summed E-state index contributed by atoms with van der Waals surface area (Å²) in [6, 6.07) is 0. The van der Waals surface area contributed by atoms with E-state index in [1.807, 2.05) is 0 Å². The minimum absolute atomic E-state index is 0.494. The van der Waals surface area contributed by atoms with Gasteiger partial charge in [-0.05, 0) is 18.5 Å². The summed E-state index contributed by atoms with van der Waals surface area (Å²) in [6.07, 6.45) is 17.8. The molecular weight excluding hydrogens is 225 g/mol. The Bertz CT molecular complexity index is 457. The first-order valence-electron chi connectivity index (χ1n) is 5.82. The normalized spacial score (nSPS) is 24.0. The van der Waals surface area contributed by atoms with Crippen molar-refractivity contribution in [1.82, 2.24) is 0 Å². The molecule has 0 amide bonds. The third-order valence-electron chi connectivity index (χ3n) is 2.76. The molecule has 0 fully saturated rings. The van der Waals surface area contributed by atoms with Crippen molar-refractivity contribution >= 4 is 14.8 Å². The van der Waals surface area contributed by atoms with Gasteiger partial charge in [0.25, 0.3) is 0 Å². The molecule has 0 saturated carbocycles. The van der Waals surface area contributed by atoms with E-state index in [0.29, 0.717) is 5.66 Å². The van der Waals surface area contributed by atoms with Crippen LogP contribution in [0.1, 0.15) is 19.3 Å². The second kappa shape index (κ2) is 6.38. The van der Waals surface area contributed by atoms with Gasteiger partial charge in [0, 0.05) is 18.5 Å². The van der Waals surface area contributed by atoms with Gasteiger partial charge in [0.05, 0.1) is 8.07 Å². The molecule has 2 aliphatic carbocycles. The minimum Gasteiger partial charge on any atom is -0.272 e. The highest BCUT2D eigenvalue weighted by atomic mass is 31.1. The van der Waals surface area contributed by atoms with Crippen LogP contribution in [0.3, 0.4) is 0 Å². The van der Waals surface area contributed by atoms with Crippen LogP contribution in [-0.4, -0.2) is 12.4 Å². The second-order valence-electron chi connectivity index (χ2n) is 3.92. The van der Waals surface area contributed by atoms with E-state index in [2.05, 4.69) is 65.9 Å². The molecule has 2 heteroatoms. The van der Waals surface area contributed by atoms with Gasteiger partial charge in [-0.3, -0.25) is 4.76 Å². The predicted octanol–water partition coefficient (Wildman–Crippen LogP) is 4.21. The zero-order valence-corrected chi connectivity index (χ0v) is 10.7. The van der Waals surface area contributed by atoms with E-state index < -0.39 is 8.07 Å². The van der Waals surface area contributed by atoms with Crippen LogP contribution in [0, 0.1) is 11.8 Å². The molecule has 0 aromatic heterocycles. The lowest BCUT2D eigenvalue weighted by molar-refractivity contribution is 1.04. The van der Waals surface area contributed by atoms with Crippen LogP contribution >= 0.6 is 8.07 Å². The van der Waals surface area contributed by atoms with Crippen molar-refractivity contribution in [3.63, 3.8) is 0 Å². The van der Waals surface area contributed by atoms with Crippen molar-refractivity contribution in [1.29, 1.82) is 0 Å². The SMILES string of the molecule is C=NP(C1=CC=CCC#CC1)C1C=CC=CC1. The van der Waals surface area contributed by atoms with Gasteiger partial charge in [-0.1, -0.05) is 54.4 Å². The maximum absolute atomic E-state index is 4.37. The van der Waals surface area contributed by atoms with Crippen molar-refractivity contribution < 1.29 is 0 Å². The lowest BCUT2D eigenvalue weighted by Gasteiger charge is -2.23. The number of allylic oxidation sites excluding steroid dienone is 8. The summed E-state index contributed by atoms with van der Waals surface area (Å²) >= 11 is 0. The summed E-state index contributed by atoms with van der Waals surface area (Å²) in [5, 5.41) is 1.34. The number of hydrogen-bond acceptors (Lipinski definition) is 1. The summed E-state index contributed by atoms with van der Waals surface area (Å²) in [5.74, 6) is 6.35. The van der Waals surface area contributed by atoms with E-state index in [0.717, 1.165) is 19.3 Å². The van der Waals surface area contributed by atoms with Crippen molar-refractivity contribution in [3.05, 3.63) is 47.8 Å². The maximum Gasteiger partial charge on any atom is 0.0501 e. The Hall–Kier alpha value is -1.38. The largest absolute Gasteiger partial charge is 0.272 e. The molecule has 0 radical (unpaired) electrons. The van der Waals surface area contributed by atoms with E-state index in [4.69, 9.17) is 0 Å². The fraction of sp³-hybridized carbons (Fsp3) is 0.267. The maximum atomic E-state index is 4.37. The fourth-order valence-electron chi connectivity index (χ4n) is 1.91. The zero-order valence-electron chi connectivity index (χ0n) is 9.84. The standard InChI is InChI=1S/C15H16NP/c1-16-17(15-12-8-5-9-13-15)14-10-6-3-2-4-7-11-14/h3,5-6,8-10,12,15H,1-2,11,13H2. The third kappa shape index (κ3) is 3.29. The molecule has 2 atom stereocenters. The topological polar surface area (TPSA) is 12.4 Å². The van der Waals surface area contributed by atoms with E-state index >= 15 is 0 Å². The number of hydrogen-bond donors (Lipinski definition) is 0. The molecule has 0 aromatic carbocycles. The Morgan fingerprint density at radius 1 is 1.24 bits per heavy atom. The molecule has 0 aromatic rings. The molecule has 0 heterocycles. The molecule has 0 aliphatic heterocycles. The Labute approximate surface area is 105 Å². The summed E-state index contributed by atoms with van der Waals surface area (Å²) in [7, 11) is -0.540. The van der Waals surface area contributed by atoms with Gasteiger partial charge in [0.15, 0.2) is 0 Å². The van der Waals surface area contributed by atoms with Crippen LogP contribution in [0.2, 0.25) is 0 Å². The highest BCUT2D eigenvalue weighted by Crippen LogP contribution is 2.54. The molecule has 0 bridgehead atoms. The van der Waals surface area contributed by atoms with Crippen LogP contribution in [0.4, 0.5) is 0 Å². The molecule has 0 saturated heterocycles. The highest BCUT2D eigenvalue weighted by Gasteiger charge is 2.21. The number of rotatable bonds is 3. The lowest BCUT2D eigenvalue weighted by Crippen LogP contribution is -2.03. The second-order valence-corrected chi connectivity index (χ2v) is 6.13. The van der Waals surface area contributed by atoms with Crippen LogP contribution < -0.4 is 0 Å². The van der Waals surface area contributed by atoms with Crippen molar-refractivity contribution in [3.8, 4) is 11.8 Å². The first-order chi connectivity index (χ1) is 8.42. The Balaban J connectivity index is 2.17. The monoisotopic (exact) mass is 241 g/mol. The molecule has 2 unspecified atom stereocenters. The molecule has 1 nitrogen and oxygen atoms in total. The summed E-state index contributed by atoms with van der Waals surface area (Å²) in [4.78, 5) is 0. The Kier molecular flexibility index (Phi) is 4.54. The fourth-order valence-corrected chi connectivity index (χ4v) is 3.79. The van der Waals surface area contributed by atoms with Gasteiger partial charge in [-0.15, -0.1) is 0 Å². The van der Waals surface area contributed by atoms with Crippen LogP contribution in [0.15, 0.2) is 52.6 Å². The first-order valence-corrected chi connectivity index (χ1v) is 7.19. The predicted molar refractivity (Wildman–Crippen MR) is 77.4 cm³/mol. The van der Waals surface area contributed by atoms with Gasteiger partial charge in [-0.2, -0.15) is 0 Å². The van der Waals surface area contributed by atoms with Crippen LogP contribution in [-0.2, 0) is 0 Å². The van der Waals surface area contributed by atoms with Gasteiger partial charge >= 0.3 is 0 Å². The molecule has 0 spiro atoms. The van der Waals surface area contributed by atoms with Crippen molar-refractivity contribution in [2.75, 3.05) is 0 Å². The van der Waals surface area contributed by atoms with Crippen molar-refractivity contribution in [2.24, 2.45) is 4.76 Å². The smallest absolute Gasteiger partial charge is 0.0501 e. The zero-order chi connectivity index (χ0) is 11.9. The quantitative estimate of drug-likeness (QED) is 0.399. The summed E-state index contributed by atoms with van der Waals surface area (Å²) in [5.41, 5.74) is 0.494. The number of nitrogens with zero attached hydrogens (tertiary/aromatic N) is 1. The lowest BCUT2D eigenvalue weighted by atomic mass is 10.2. The van der Waals surface area contributed by atoms with Gasteiger partial charge < -0.3 is 0 Å².